The molecule has 0 amide bonds. The SMILES string of the molecule is CCCOCC(CC1CCOc2ccccc21)NCC. The van der Waals surface area contributed by atoms with Crippen LogP contribution in [0.1, 0.15) is 44.6 Å². The Labute approximate surface area is 122 Å². The number of nitrogens with one attached hydrogen (secondary N) is 1. The van der Waals surface area contributed by atoms with Crippen LogP contribution in [-0.4, -0.2) is 32.4 Å². The van der Waals surface area contributed by atoms with Crippen molar-refractivity contribution in [3.05, 3.63) is 29.8 Å². The van der Waals surface area contributed by atoms with Crippen molar-refractivity contribution in [2.24, 2.45) is 0 Å². The van der Waals surface area contributed by atoms with Crippen LogP contribution in [0.2, 0.25) is 0 Å². The second-order valence-corrected chi connectivity index (χ2v) is 5.44. The molecule has 2 rings (SSSR count). The fraction of sp³-hybridized carbons (Fsp3) is 0.647. The van der Waals surface area contributed by atoms with Gasteiger partial charge >= 0.3 is 0 Å². The summed E-state index contributed by atoms with van der Waals surface area (Å²) in [6, 6.07) is 8.87. The molecule has 0 aliphatic carbocycles. The zero-order chi connectivity index (χ0) is 14.2. The Morgan fingerprint density at radius 2 is 2.20 bits per heavy atom. The molecule has 3 nitrogen and oxygen atoms in total. The zero-order valence-corrected chi connectivity index (χ0v) is 12.7. The first-order valence-electron chi connectivity index (χ1n) is 7.88. The van der Waals surface area contributed by atoms with Crippen LogP contribution in [0, 0.1) is 0 Å². The maximum atomic E-state index is 5.74. The lowest BCUT2D eigenvalue weighted by molar-refractivity contribution is 0.105. The summed E-state index contributed by atoms with van der Waals surface area (Å²) < 4.78 is 11.5. The number of benzene rings is 1. The third-order valence-electron chi connectivity index (χ3n) is 3.81. The number of fused-ring (bicyclic) bond motifs is 1. The quantitative estimate of drug-likeness (QED) is 0.739. The monoisotopic (exact) mass is 277 g/mol. The van der Waals surface area contributed by atoms with Gasteiger partial charge in [-0.05, 0) is 43.4 Å². The van der Waals surface area contributed by atoms with Crippen molar-refractivity contribution in [1.29, 1.82) is 0 Å². The van der Waals surface area contributed by atoms with Crippen LogP contribution in [0.15, 0.2) is 24.3 Å². The maximum absolute atomic E-state index is 5.74. The summed E-state index contributed by atoms with van der Waals surface area (Å²) in [4.78, 5) is 0. The highest BCUT2D eigenvalue weighted by molar-refractivity contribution is 5.37. The van der Waals surface area contributed by atoms with Crippen molar-refractivity contribution in [3.8, 4) is 5.75 Å². The van der Waals surface area contributed by atoms with E-state index in [0.717, 1.165) is 51.4 Å². The molecule has 0 fully saturated rings. The van der Waals surface area contributed by atoms with Gasteiger partial charge in [-0.3, -0.25) is 0 Å². The molecule has 1 N–H and O–H groups in total. The van der Waals surface area contributed by atoms with Gasteiger partial charge in [-0.25, -0.2) is 0 Å². The van der Waals surface area contributed by atoms with Crippen LogP contribution in [0.4, 0.5) is 0 Å². The van der Waals surface area contributed by atoms with Crippen LogP contribution >= 0.6 is 0 Å². The third kappa shape index (κ3) is 4.22. The molecule has 1 aromatic carbocycles. The molecule has 112 valence electrons. The normalized spacial score (nSPS) is 19.2. The van der Waals surface area contributed by atoms with Gasteiger partial charge in [-0.1, -0.05) is 32.0 Å². The van der Waals surface area contributed by atoms with Crippen LogP contribution in [0.5, 0.6) is 5.75 Å². The fourth-order valence-electron chi connectivity index (χ4n) is 2.87. The highest BCUT2D eigenvalue weighted by atomic mass is 16.5. The predicted molar refractivity (Wildman–Crippen MR) is 82.5 cm³/mol. The Kier molecular flexibility index (Phi) is 6.34. The third-order valence-corrected chi connectivity index (χ3v) is 3.81. The van der Waals surface area contributed by atoms with Crippen LogP contribution < -0.4 is 10.1 Å². The Hall–Kier alpha value is -1.06. The summed E-state index contributed by atoms with van der Waals surface area (Å²) >= 11 is 0. The van der Waals surface area contributed by atoms with Crippen molar-refractivity contribution < 1.29 is 9.47 Å². The molecule has 20 heavy (non-hydrogen) atoms. The summed E-state index contributed by atoms with van der Waals surface area (Å²) in [6.45, 7) is 7.79. The van der Waals surface area contributed by atoms with Gasteiger partial charge in [0.25, 0.3) is 0 Å². The Bertz CT molecular complexity index is 394. The first-order valence-corrected chi connectivity index (χ1v) is 7.88. The number of ether oxygens (including phenoxy) is 2. The molecule has 0 saturated carbocycles. The first-order chi connectivity index (χ1) is 9.85. The van der Waals surface area contributed by atoms with E-state index in [4.69, 9.17) is 9.47 Å². The van der Waals surface area contributed by atoms with E-state index in [0.29, 0.717) is 12.0 Å². The van der Waals surface area contributed by atoms with Crippen molar-refractivity contribution in [3.63, 3.8) is 0 Å². The molecule has 0 spiro atoms. The lowest BCUT2D eigenvalue weighted by atomic mass is 9.87. The maximum Gasteiger partial charge on any atom is 0.122 e. The van der Waals surface area contributed by atoms with E-state index in [1.54, 1.807) is 0 Å². The largest absolute Gasteiger partial charge is 0.493 e. The Morgan fingerprint density at radius 3 is 3.00 bits per heavy atom. The van der Waals surface area contributed by atoms with Crippen molar-refractivity contribution in [1.82, 2.24) is 5.32 Å². The number of hydrogen-bond acceptors (Lipinski definition) is 3. The van der Waals surface area contributed by atoms with Gasteiger partial charge in [0.15, 0.2) is 0 Å². The standard InChI is InChI=1S/C17H27NO2/c1-3-10-19-13-15(18-4-2)12-14-9-11-20-17-8-6-5-7-16(14)17/h5-8,14-15,18H,3-4,9-13H2,1-2H3. The molecule has 1 aliphatic heterocycles. The minimum Gasteiger partial charge on any atom is -0.493 e. The molecule has 0 bridgehead atoms. The zero-order valence-electron chi connectivity index (χ0n) is 12.7. The highest BCUT2D eigenvalue weighted by Gasteiger charge is 2.24. The minimum absolute atomic E-state index is 0.433. The lowest BCUT2D eigenvalue weighted by Crippen LogP contribution is -2.35. The summed E-state index contributed by atoms with van der Waals surface area (Å²) in [5.41, 5.74) is 1.36. The van der Waals surface area contributed by atoms with E-state index >= 15 is 0 Å². The van der Waals surface area contributed by atoms with Gasteiger partial charge in [0.2, 0.25) is 0 Å². The average Bonchev–Trinajstić information content (AvgIpc) is 2.48. The number of hydrogen-bond donors (Lipinski definition) is 1. The number of rotatable bonds is 8. The number of para-hydroxylation sites is 1. The molecule has 0 radical (unpaired) electrons. The predicted octanol–water partition coefficient (Wildman–Crippen LogP) is 3.35. The average molecular weight is 277 g/mol. The van der Waals surface area contributed by atoms with E-state index in [9.17, 15) is 0 Å². The van der Waals surface area contributed by atoms with E-state index in [1.165, 1.54) is 5.56 Å². The van der Waals surface area contributed by atoms with Crippen LogP contribution in [0.3, 0.4) is 0 Å². The highest BCUT2D eigenvalue weighted by Crippen LogP contribution is 2.36. The summed E-state index contributed by atoms with van der Waals surface area (Å²) in [5, 5.41) is 3.55. The molecular weight excluding hydrogens is 250 g/mol. The fourth-order valence-corrected chi connectivity index (χ4v) is 2.87. The van der Waals surface area contributed by atoms with Crippen molar-refractivity contribution in [2.45, 2.75) is 45.1 Å². The second kappa shape index (κ2) is 8.28. The summed E-state index contributed by atoms with van der Waals surface area (Å²) in [6.07, 6.45) is 3.31. The van der Waals surface area contributed by atoms with E-state index in [1.807, 2.05) is 6.07 Å². The topological polar surface area (TPSA) is 30.5 Å². The Balaban J connectivity index is 1.96. The first kappa shape index (κ1) is 15.3. The minimum atomic E-state index is 0.433. The molecule has 1 aromatic rings. The molecule has 1 aliphatic rings. The number of likely N-dealkylation sites (N-methyl/N-ethyl adjacent to an activating group) is 1. The van der Waals surface area contributed by atoms with Gasteiger partial charge in [0.1, 0.15) is 5.75 Å². The van der Waals surface area contributed by atoms with Crippen molar-refractivity contribution in [2.75, 3.05) is 26.4 Å². The van der Waals surface area contributed by atoms with E-state index in [2.05, 4.69) is 37.4 Å². The van der Waals surface area contributed by atoms with Gasteiger partial charge in [-0.15, -0.1) is 0 Å². The van der Waals surface area contributed by atoms with Crippen LogP contribution in [0.25, 0.3) is 0 Å². The molecule has 2 unspecified atom stereocenters. The van der Waals surface area contributed by atoms with Crippen molar-refractivity contribution >= 4 is 0 Å². The molecular formula is C17H27NO2. The smallest absolute Gasteiger partial charge is 0.122 e. The van der Waals surface area contributed by atoms with E-state index < -0.39 is 0 Å². The van der Waals surface area contributed by atoms with E-state index in [-0.39, 0.29) is 0 Å². The van der Waals surface area contributed by atoms with Crippen LogP contribution in [-0.2, 0) is 4.74 Å². The molecule has 1 heterocycles. The van der Waals surface area contributed by atoms with Gasteiger partial charge < -0.3 is 14.8 Å². The summed E-state index contributed by atoms with van der Waals surface area (Å²) in [7, 11) is 0. The lowest BCUT2D eigenvalue weighted by Gasteiger charge is -2.29. The molecule has 3 heteroatoms. The van der Waals surface area contributed by atoms with Gasteiger partial charge in [0.05, 0.1) is 13.2 Å². The van der Waals surface area contributed by atoms with Gasteiger partial charge in [-0.2, -0.15) is 0 Å². The van der Waals surface area contributed by atoms with Gasteiger partial charge in [0, 0.05) is 12.6 Å². The molecule has 0 aromatic heterocycles. The second-order valence-electron chi connectivity index (χ2n) is 5.44. The molecule has 2 atom stereocenters. The molecule has 0 saturated heterocycles. The summed E-state index contributed by atoms with van der Waals surface area (Å²) in [5.74, 6) is 1.64. The Morgan fingerprint density at radius 1 is 1.35 bits per heavy atom.